The molecule has 36 heavy (non-hydrogen) atoms. The van der Waals surface area contributed by atoms with Crippen LogP contribution >= 0.6 is 0 Å². The first-order chi connectivity index (χ1) is 17.5. The molecule has 1 unspecified atom stereocenters. The Kier molecular flexibility index (Phi) is 8.36. The normalized spacial score (nSPS) is 14.6. The third-order valence-electron chi connectivity index (χ3n) is 6.25. The first kappa shape index (κ1) is 25.0. The van der Waals surface area contributed by atoms with Gasteiger partial charge in [0.2, 0.25) is 5.78 Å². The van der Waals surface area contributed by atoms with Crippen LogP contribution in [-0.4, -0.2) is 46.6 Å². The average Bonchev–Trinajstić information content (AvgIpc) is 3.41. The highest BCUT2D eigenvalue weighted by Gasteiger charge is 2.26. The van der Waals surface area contributed by atoms with Gasteiger partial charge in [-0.15, -0.1) is 0 Å². The number of carbonyl (C=O) groups is 3. The highest BCUT2D eigenvalue weighted by atomic mass is 16.2. The van der Waals surface area contributed by atoms with E-state index < -0.39 is 23.6 Å². The number of nitrogens with zero attached hydrogens (tertiary/aromatic N) is 2. The zero-order valence-electron chi connectivity index (χ0n) is 20.1. The second kappa shape index (κ2) is 12.0. The molecule has 2 aromatic carbocycles. The fourth-order valence-electron chi connectivity index (χ4n) is 4.32. The van der Waals surface area contributed by atoms with Crippen molar-refractivity contribution >= 4 is 29.7 Å². The molecule has 3 aromatic rings. The molecule has 0 saturated carbocycles. The number of aromatic nitrogens is 1. The van der Waals surface area contributed by atoms with Crippen molar-refractivity contribution in [2.24, 2.45) is 5.73 Å². The molecule has 184 valence electrons. The highest BCUT2D eigenvalue weighted by Crippen LogP contribution is 2.16. The molecule has 4 rings (SSSR count). The van der Waals surface area contributed by atoms with Crippen molar-refractivity contribution in [1.82, 2.24) is 15.2 Å². The van der Waals surface area contributed by atoms with E-state index >= 15 is 0 Å². The van der Waals surface area contributed by atoms with Gasteiger partial charge >= 0.3 is 0 Å². The number of amides is 2. The molecule has 1 aliphatic heterocycles. The summed E-state index contributed by atoms with van der Waals surface area (Å²) < 4.78 is 0. The summed E-state index contributed by atoms with van der Waals surface area (Å²) in [6, 6.07) is 19.7. The van der Waals surface area contributed by atoms with Crippen LogP contribution in [0.25, 0.3) is 12.2 Å². The van der Waals surface area contributed by atoms with Gasteiger partial charge in [-0.2, -0.15) is 0 Å². The Morgan fingerprint density at radius 2 is 1.64 bits per heavy atom. The van der Waals surface area contributed by atoms with Crippen molar-refractivity contribution in [1.29, 1.82) is 0 Å². The van der Waals surface area contributed by atoms with Crippen molar-refractivity contribution in [2.45, 2.75) is 31.8 Å². The number of Topliss-reactive ketones (excluding diaryl/α,β-unsaturated/α-hetero) is 1. The number of rotatable bonds is 10. The van der Waals surface area contributed by atoms with Gasteiger partial charge < -0.3 is 11.1 Å². The molecule has 0 bridgehead atoms. The van der Waals surface area contributed by atoms with Crippen LogP contribution in [0.1, 0.15) is 45.6 Å². The summed E-state index contributed by atoms with van der Waals surface area (Å²) in [5, 5.41) is 2.68. The van der Waals surface area contributed by atoms with Gasteiger partial charge in [-0.3, -0.25) is 24.3 Å². The lowest BCUT2D eigenvalue weighted by atomic mass is 10.0. The summed E-state index contributed by atoms with van der Waals surface area (Å²) in [6.45, 7) is 3.27. The first-order valence-electron chi connectivity index (χ1n) is 12.1. The van der Waals surface area contributed by atoms with E-state index in [2.05, 4.69) is 27.3 Å². The lowest BCUT2D eigenvalue weighted by Gasteiger charge is -2.17. The van der Waals surface area contributed by atoms with Crippen LogP contribution in [-0.2, 0) is 22.6 Å². The lowest BCUT2D eigenvalue weighted by molar-refractivity contribution is -0.137. The molecule has 1 atom stereocenters. The maximum atomic E-state index is 13.1. The minimum Gasteiger partial charge on any atom is -0.363 e. The monoisotopic (exact) mass is 482 g/mol. The number of benzene rings is 2. The molecule has 0 spiro atoms. The number of primary amides is 1. The van der Waals surface area contributed by atoms with E-state index in [-0.39, 0.29) is 6.42 Å². The van der Waals surface area contributed by atoms with Gasteiger partial charge in [-0.25, -0.2) is 0 Å². The molecule has 0 aliphatic carbocycles. The number of nitrogens with two attached hydrogens (primary N) is 1. The highest BCUT2D eigenvalue weighted by molar-refractivity contribution is 6.38. The summed E-state index contributed by atoms with van der Waals surface area (Å²) in [4.78, 5) is 43.9. The lowest BCUT2D eigenvalue weighted by Crippen LogP contribution is -2.47. The van der Waals surface area contributed by atoms with Gasteiger partial charge in [0.15, 0.2) is 0 Å². The van der Waals surface area contributed by atoms with Crippen molar-refractivity contribution in [3.63, 3.8) is 0 Å². The molecule has 1 aromatic heterocycles. The van der Waals surface area contributed by atoms with Crippen molar-refractivity contribution in [3.8, 4) is 0 Å². The number of hydrogen-bond donors (Lipinski definition) is 2. The summed E-state index contributed by atoms with van der Waals surface area (Å²) in [5.41, 5.74) is 9.06. The van der Waals surface area contributed by atoms with Gasteiger partial charge in [0.25, 0.3) is 11.8 Å². The molecule has 1 fully saturated rings. The van der Waals surface area contributed by atoms with Crippen LogP contribution in [0.5, 0.6) is 0 Å². The number of pyridine rings is 1. The molecule has 0 radical (unpaired) electrons. The predicted octanol–water partition coefficient (Wildman–Crippen LogP) is 3.24. The number of likely N-dealkylation sites (tertiary alicyclic amines) is 1. The zero-order chi connectivity index (χ0) is 25.3. The van der Waals surface area contributed by atoms with Crippen molar-refractivity contribution < 1.29 is 14.4 Å². The van der Waals surface area contributed by atoms with E-state index in [0.29, 0.717) is 11.3 Å². The maximum absolute atomic E-state index is 13.1. The fraction of sp³-hybridized carbons (Fsp3) is 0.241. The van der Waals surface area contributed by atoms with Crippen LogP contribution in [0.3, 0.4) is 0 Å². The largest absolute Gasteiger partial charge is 0.363 e. The molecule has 1 saturated heterocycles. The Hall–Kier alpha value is -4.10. The van der Waals surface area contributed by atoms with Gasteiger partial charge in [0.05, 0.1) is 11.3 Å². The molecule has 7 heteroatoms. The van der Waals surface area contributed by atoms with E-state index in [1.807, 2.05) is 48.5 Å². The second-order valence-electron chi connectivity index (χ2n) is 8.94. The predicted molar refractivity (Wildman–Crippen MR) is 140 cm³/mol. The summed E-state index contributed by atoms with van der Waals surface area (Å²) in [6.07, 6.45) is 7.96. The third-order valence-corrected chi connectivity index (χ3v) is 6.25. The molecule has 2 amide bonds. The summed E-state index contributed by atoms with van der Waals surface area (Å²) in [5.74, 6) is -2.43. The smallest absolute Gasteiger partial charge is 0.287 e. The Balaban J connectivity index is 1.47. The van der Waals surface area contributed by atoms with Crippen LogP contribution in [0.4, 0.5) is 0 Å². The van der Waals surface area contributed by atoms with Gasteiger partial charge in [-0.1, -0.05) is 60.7 Å². The van der Waals surface area contributed by atoms with Crippen LogP contribution in [0, 0.1) is 0 Å². The Morgan fingerprint density at radius 3 is 2.33 bits per heavy atom. The Morgan fingerprint density at radius 1 is 0.917 bits per heavy atom. The molecule has 2 heterocycles. The number of hydrogen-bond acceptors (Lipinski definition) is 5. The summed E-state index contributed by atoms with van der Waals surface area (Å²) in [7, 11) is 0. The molecule has 3 N–H and O–H groups in total. The van der Waals surface area contributed by atoms with Gasteiger partial charge in [-0.05, 0) is 60.8 Å². The van der Waals surface area contributed by atoms with E-state index in [1.165, 1.54) is 18.4 Å². The fourth-order valence-corrected chi connectivity index (χ4v) is 4.32. The third kappa shape index (κ3) is 6.73. The van der Waals surface area contributed by atoms with Crippen molar-refractivity contribution in [2.75, 3.05) is 13.1 Å². The first-order valence-corrected chi connectivity index (χ1v) is 12.1. The molecule has 1 aliphatic rings. The van der Waals surface area contributed by atoms with Gasteiger partial charge in [0.1, 0.15) is 6.04 Å². The standard InChI is InChI=1S/C29H30N4O3/c30-28(35)27(34)26(19-22-7-2-1-3-8-22)32-29(36)24-9-6-16-31-25(24)15-14-21-10-12-23(13-11-21)20-33-17-4-5-18-33/h1-3,6-16,26H,4-5,17-20H2,(H2,30,35)(H,32,36)/b15-14+. The SMILES string of the molecule is NC(=O)C(=O)C(Cc1ccccc1)NC(=O)c1cccnc1/C=C/c1ccc(CN2CCCC2)cc1. The number of ketones is 1. The molecular formula is C29H30N4O3. The Bertz CT molecular complexity index is 1230. The Labute approximate surface area is 211 Å². The van der Waals surface area contributed by atoms with E-state index in [4.69, 9.17) is 5.73 Å². The minimum atomic E-state index is -1.09. The molecular weight excluding hydrogens is 452 g/mol. The topological polar surface area (TPSA) is 105 Å². The maximum Gasteiger partial charge on any atom is 0.287 e. The average molecular weight is 483 g/mol. The number of carbonyl (C=O) groups excluding carboxylic acids is 3. The van der Waals surface area contributed by atoms with E-state index in [1.54, 1.807) is 24.4 Å². The minimum absolute atomic E-state index is 0.156. The van der Waals surface area contributed by atoms with Gasteiger partial charge in [0, 0.05) is 19.2 Å². The van der Waals surface area contributed by atoms with Crippen LogP contribution in [0.15, 0.2) is 72.9 Å². The van der Waals surface area contributed by atoms with E-state index in [9.17, 15) is 14.4 Å². The van der Waals surface area contributed by atoms with Crippen LogP contribution in [0.2, 0.25) is 0 Å². The zero-order valence-corrected chi connectivity index (χ0v) is 20.1. The summed E-state index contributed by atoms with van der Waals surface area (Å²) >= 11 is 0. The quantitative estimate of drug-likeness (QED) is 0.432. The van der Waals surface area contributed by atoms with Crippen molar-refractivity contribution in [3.05, 3.63) is 101 Å². The van der Waals surface area contributed by atoms with Crippen LogP contribution < -0.4 is 11.1 Å². The molecule has 7 nitrogen and oxygen atoms in total. The number of nitrogens with one attached hydrogen (secondary N) is 1. The van der Waals surface area contributed by atoms with E-state index in [0.717, 1.165) is 30.8 Å². The second-order valence-corrected chi connectivity index (χ2v) is 8.94.